The Balaban J connectivity index is 1.97. The Hall–Kier alpha value is -0.450. The Morgan fingerprint density at radius 1 is 1.53 bits per heavy atom. The summed E-state index contributed by atoms with van der Waals surface area (Å²) in [4.78, 5) is 4.24. The molecule has 0 saturated heterocycles. The number of aromatic nitrogens is 1. The van der Waals surface area contributed by atoms with Gasteiger partial charge >= 0.3 is 0 Å². The molecule has 0 aromatic carbocycles. The first-order valence-electron chi connectivity index (χ1n) is 5.66. The van der Waals surface area contributed by atoms with E-state index in [2.05, 4.69) is 17.2 Å². The molecule has 0 aliphatic rings. The van der Waals surface area contributed by atoms with E-state index in [-0.39, 0.29) is 0 Å². The first-order valence-corrected chi connectivity index (χ1v) is 6.54. The number of nitrogens with one attached hydrogen (secondary N) is 1. The number of hydrogen-bond acceptors (Lipinski definition) is 4. The molecule has 3 N–H and O–H groups in total. The summed E-state index contributed by atoms with van der Waals surface area (Å²) in [7, 11) is 0. The van der Waals surface area contributed by atoms with Crippen molar-refractivity contribution in [2.75, 3.05) is 19.6 Å². The van der Waals surface area contributed by atoms with Crippen LogP contribution >= 0.6 is 11.3 Å². The van der Waals surface area contributed by atoms with Gasteiger partial charge in [-0.15, -0.1) is 11.3 Å². The molecule has 0 spiro atoms. The van der Waals surface area contributed by atoms with Gasteiger partial charge in [0.25, 0.3) is 0 Å². The molecule has 1 unspecified atom stereocenters. The Bertz CT molecular complexity index is 232. The zero-order valence-corrected chi connectivity index (χ0v) is 10.2. The van der Waals surface area contributed by atoms with Crippen LogP contribution in [-0.4, -0.2) is 24.6 Å². The molecule has 1 aromatic rings. The molecule has 0 saturated carbocycles. The van der Waals surface area contributed by atoms with E-state index in [1.54, 1.807) is 11.3 Å². The summed E-state index contributed by atoms with van der Waals surface area (Å²) in [5.74, 6) is 0.678. The molecular weight excluding hydrogens is 206 g/mol. The van der Waals surface area contributed by atoms with Gasteiger partial charge in [0.15, 0.2) is 0 Å². The van der Waals surface area contributed by atoms with E-state index >= 15 is 0 Å². The van der Waals surface area contributed by atoms with Crippen LogP contribution in [0.15, 0.2) is 11.6 Å². The lowest BCUT2D eigenvalue weighted by Crippen LogP contribution is -2.23. The van der Waals surface area contributed by atoms with Gasteiger partial charge in [-0.1, -0.05) is 13.3 Å². The number of hydrogen-bond donors (Lipinski definition) is 2. The first-order chi connectivity index (χ1) is 7.36. The third-order valence-corrected chi connectivity index (χ3v) is 3.48. The van der Waals surface area contributed by atoms with Crippen molar-refractivity contribution in [3.63, 3.8) is 0 Å². The summed E-state index contributed by atoms with van der Waals surface area (Å²) in [6.45, 7) is 5.10. The van der Waals surface area contributed by atoms with Crippen LogP contribution in [0.3, 0.4) is 0 Å². The molecule has 1 aromatic heterocycles. The van der Waals surface area contributed by atoms with Gasteiger partial charge in [0, 0.05) is 24.5 Å². The van der Waals surface area contributed by atoms with E-state index < -0.39 is 0 Å². The van der Waals surface area contributed by atoms with Crippen LogP contribution < -0.4 is 11.1 Å². The average molecular weight is 227 g/mol. The fraction of sp³-hybridized carbons (Fsp3) is 0.727. The van der Waals surface area contributed by atoms with Gasteiger partial charge in [-0.2, -0.15) is 0 Å². The van der Waals surface area contributed by atoms with Gasteiger partial charge in [0.2, 0.25) is 0 Å². The maximum Gasteiger partial charge on any atom is 0.0937 e. The summed E-state index contributed by atoms with van der Waals surface area (Å²) < 4.78 is 0. The number of nitrogens with zero attached hydrogens (tertiary/aromatic N) is 1. The molecule has 15 heavy (non-hydrogen) atoms. The van der Waals surface area contributed by atoms with E-state index in [1.165, 1.54) is 17.8 Å². The van der Waals surface area contributed by atoms with Gasteiger partial charge in [0.05, 0.1) is 5.01 Å². The smallest absolute Gasteiger partial charge is 0.0937 e. The highest BCUT2D eigenvalue weighted by Gasteiger charge is 2.02. The van der Waals surface area contributed by atoms with Crippen LogP contribution in [0.25, 0.3) is 0 Å². The van der Waals surface area contributed by atoms with Gasteiger partial charge in [-0.3, -0.25) is 0 Å². The van der Waals surface area contributed by atoms with Crippen molar-refractivity contribution in [3.8, 4) is 0 Å². The monoisotopic (exact) mass is 227 g/mol. The quantitative estimate of drug-likeness (QED) is 0.664. The highest BCUT2D eigenvalue weighted by Crippen LogP contribution is 2.05. The Morgan fingerprint density at radius 3 is 3.00 bits per heavy atom. The van der Waals surface area contributed by atoms with Crippen LogP contribution in [0.4, 0.5) is 0 Å². The minimum atomic E-state index is 0.678. The molecule has 1 atom stereocenters. The molecular formula is C11H21N3S. The molecule has 0 amide bonds. The van der Waals surface area contributed by atoms with E-state index in [4.69, 9.17) is 5.73 Å². The van der Waals surface area contributed by atoms with Crippen molar-refractivity contribution in [1.82, 2.24) is 10.3 Å². The van der Waals surface area contributed by atoms with Crippen molar-refractivity contribution < 1.29 is 0 Å². The lowest BCUT2D eigenvalue weighted by atomic mass is 10.0. The van der Waals surface area contributed by atoms with Gasteiger partial charge in [0.1, 0.15) is 0 Å². The highest BCUT2D eigenvalue weighted by molar-refractivity contribution is 7.09. The van der Waals surface area contributed by atoms with Gasteiger partial charge < -0.3 is 11.1 Å². The summed E-state index contributed by atoms with van der Waals surface area (Å²) in [6, 6.07) is 0. The van der Waals surface area contributed by atoms with Crippen molar-refractivity contribution in [2.24, 2.45) is 11.7 Å². The Morgan fingerprint density at radius 2 is 2.40 bits per heavy atom. The first kappa shape index (κ1) is 12.6. The predicted molar refractivity (Wildman–Crippen MR) is 66.1 cm³/mol. The van der Waals surface area contributed by atoms with Crippen LogP contribution in [0, 0.1) is 5.92 Å². The average Bonchev–Trinajstić information content (AvgIpc) is 2.76. The SMILES string of the molecule is CCC(CN)CCNCCc1nccs1. The Labute approximate surface area is 96.1 Å². The van der Waals surface area contributed by atoms with Crippen LogP contribution in [-0.2, 0) is 6.42 Å². The molecule has 3 nitrogen and oxygen atoms in total. The molecule has 0 radical (unpaired) electrons. The molecule has 1 heterocycles. The lowest BCUT2D eigenvalue weighted by Gasteiger charge is -2.11. The molecule has 4 heteroatoms. The third-order valence-electron chi connectivity index (χ3n) is 2.64. The second-order valence-electron chi connectivity index (χ2n) is 3.72. The zero-order chi connectivity index (χ0) is 10.9. The Kier molecular flexibility index (Phi) is 6.55. The summed E-state index contributed by atoms with van der Waals surface area (Å²) in [5, 5.41) is 6.67. The van der Waals surface area contributed by atoms with E-state index in [0.717, 1.165) is 26.1 Å². The van der Waals surface area contributed by atoms with E-state index in [0.29, 0.717) is 5.92 Å². The molecule has 0 aliphatic carbocycles. The van der Waals surface area contributed by atoms with Crippen molar-refractivity contribution >= 4 is 11.3 Å². The summed E-state index contributed by atoms with van der Waals surface area (Å²) in [5.41, 5.74) is 5.64. The van der Waals surface area contributed by atoms with Crippen LogP contribution in [0.5, 0.6) is 0 Å². The standard InChI is InChI=1S/C11H21N3S/c1-2-10(9-12)3-5-13-6-4-11-14-7-8-15-11/h7-8,10,13H,2-6,9,12H2,1H3. The fourth-order valence-corrected chi connectivity index (χ4v) is 2.11. The summed E-state index contributed by atoms with van der Waals surface area (Å²) in [6.07, 6.45) is 5.27. The van der Waals surface area contributed by atoms with Gasteiger partial charge in [-0.25, -0.2) is 4.98 Å². The zero-order valence-electron chi connectivity index (χ0n) is 9.41. The minimum absolute atomic E-state index is 0.678. The molecule has 1 rings (SSSR count). The number of thiazole rings is 1. The minimum Gasteiger partial charge on any atom is -0.330 e. The summed E-state index contributed by atoms with van der Waals surface area (Å²) >= 11 is 1.73. The van der Waals surface area contributed by atoms with Crippen LogP contribution in [0.1, 0.15) is 24.8 Å². The molecule has 0 fully saturated rings. The maximum atomic E-state index is 5.64. The van der Waals surface area contributed by atoms with Gasteiger partial charge in [-0.05, 0) is 25.4 Å². The normalized spacial score (nSPS) is 12.9. The lowest BCUT2D eigenvalue weighted by molar-refractivity contribution is 0.461. The van der Waals surface area contributed by atoms with E-state index in [9.17, 15) is 0 Å². The molecule has 0 bridgehead atoms. The second-order valence-corrected chi connectivity index (χ2v) is 4.70. The van der Waals surface area contributed by atoms with Crippen molar-refractivity contribution in [1.29, 1.82) is 0 Å². The largest absolute Gasteiger partial charge is 0.330 e. The predicted octanol–water partition coefficient (Wildman–Crippen LogP) is 1.65. The van der Waals surface area contributed by atoms with Crippen molar-refractivity contribution in [2.45, 2.75) is 26.2 Å². The topological polar surface area (TPSA) is 50.9 Å². The third kappa shape index (κ3) is 5.25. The number of nitrogens with two attached hydrogens (primary N) is 1. The maximum absolute atomic E-state index is 5.64. The van der Waals surface area contributed by atoms with Crippen molar-refractivity contribution in [3.05, 3.63) is 16.6 Å². The molecule has 0 aliphatic heterocycles. The van der Waals surface area contributed by atoms with Crippen LogP contribution in [0.2, 0.25) is 0 Å². The second kappa shape index (κ2) is 7.79. The highest BCUT2D eigenvalue weighted by atomic mass is 32.1. The number of rotatable bonds is 8. The molecule has 86 valence electrons. The van der Waals surface area contributed by atoms with E-state index in [1.807, 2.05) is 11.6 Å². The fourth-order valence-electron chi connectivity index (χ4n) is 1.49.